The summed E-state index contributed by atoms with van der Waals surface area (Å²) in [7, 11) is 1.25. The Bertz CT molecular complexity index is 2830. The molecule has 0 saturated carbocycles. The van der Waals surface area contributed by atoms with Crippen molar-refractivity contribution < 1.29 is 24.3 Å². The maximum Gasteiger partial charge on any atom is 0.334 e. The van der Waals surface area contributed by atoms with Gasteiger partial charge in [0.2, 0.25) is 0 Å². The number of carbonyl (C=O) groups is 4. The molecule has 8 nitrogen and oxygen atoms in total. The molecule has 4 amide bonds. The Balaban J connectivity index is 1.16. The summed E-state index contributed by atoms with van der Waals surface area (Å²) in [6.07, 6.45) is 15.1. The lowest BCUT2D eigenvalue weighted by Crippen LogP contribution is -2.56. The zero-order chi connectivity index (χ0) is 48.5. The van der Waals surface area contributed by atoms with Gasteiger partial charge in [-0.1, -0.05) is 152 Å². The maximum absolute atomic E-state index is 13.3. The molecule has 5 aromatic carbocycles. The maximum atomic E-state index is 13.3. The third kappa shape index (κ3) is 8.43. The molecule has 9 heteroatoms. The van der Waals surface area contributed by atoms with Gasteiger partial charge < -0.3 is 10.0 Å². The van der Waals surface area contributed by atoms with Crippen molar-refractivity contribution in [3.63, 3.8) is 0 Å². The molecule has 1 aliphatic heterocycles. The van der Waals surface area contributed by atoms with E-state index in [4.69, 9.17) is 0 Å². The second-order valence-electron chi connectivity index (χ2n) is 19.2. The highest BCUT2D eigenvalue weighted by molar-refractivity contribution is 7.16. The normalized spacial score (nSPS) is 15.9. The van der Waals surface area contributed by atoms with E-state index >= 15 is 0 Å². The summed E-state index contributed by atoms with van der Waals surface area (Å²) < 4.78 is 0. The Hall–Kier alpha value is -6.58. The summed E-state index contributed by atoms with van der Waals surface area (Å²) in [4.78, 5) is 55.9. The summed E-state index contributed by atoms with van der Waals surface area (Å²) in [5, 5.41) is 9.37. The number of carboxylic acid groups (broad SMARTS) is 1. The number of carbonyl (C=O) groups excluding carboxylic acids is 3. The fourth-order valence-electron chi connectivity index (χ4n) is 11.5. The average molecular weight is 938 g/mol. The number of hydrogen-bond acceptors (Lipinski definition) is 6. The molecule has 0 radical (unpaired) electrons. The zero-order valence-corrected chi connectivity index (χ0v) is 41.5. The summed E-state index contributed by atoms with van der Waals surface area (Å²) >= 11 is 1.42. The number of likely N-dealkylation sites (N-methyl/N-ethyl adjacent to an activating group) is 1. The summed E-state index contributed by atoms with van der Waals surface area (Å²) in [6.45, 7) is 8.38. The van der Waals surface area contributed by atoms with Crippen LogP contribution in [0.1, 0.15) is 132 Å². The minimum absolute atomic E-state index is 0.0724. The van der Waals surface area contributed by atoms with E-state index in [1.165, 1.54) is 69.0 Å². The number of carboxylic acids is 1. The Morgan fingerprint density at radius 3 is 1.52 bits per heavy atom. The number of fused-ring (bicyclic) bond motifs is 6. The number of anilines is 3. The molecule has 3 aliphatic rings. The zero-order valence-electron chi connectivity index (χ0n) is 40.6. The third-order valence-electron chi connectivity index (χ3n) is 15.0. The molecule has 1 fully saturated rings. The van der Waals surface area contributed by atoms with Crippen LogP contribution in [0, 0.1) is 0 Å². The van der Waals surface area contributed by atoms with E-state index in [0.29, 0.717) is 9.78 Å². The van der Waals surface area contributed by atoms with Gasteiger partial charge in [-0.2, -0.15) is 0 Å². The van der Waals surface area contributed by atoms with Crippen LogP contribution in [-0.4, -0.2) is 52.3 Å². The van der Waals surface area contributed by atoms with Crippen LogP contribution in [0.3, 0.4) is 0 Å². The van der Waals surface area contributed by atoms with Gasteiger partial charge >= 0.3 is 12.0 Å². The fourth-order valence-corrected chi connectivity index (χ4v) is 12.5. The van der Waals surface area contributed by atoms with Crippen molar-refractivity contribution >= 4 is 58.3 Å². The smallest absolute Gasteiger partial charge is 0.334 e. The fraction of sp³-hybridized carbons (Fsp3) is 0.333. The van der Waals surface area contributed by atoms with Gasteiger partial charge in [-0.05, 0) is 130 Å². The first kappa shape index (κ1) is 47.5. The standard InChI is InChI=1S/C60H63N3O5S/c1-6-10-32-59(33-11-7-2)50-20-16-14-18-45(50)47-29-26-42(36-52(47)59)63(43-27-30-48-46-19-15-17-21-51(46)60(34-12-8-3,35-13-9-4)53(48)37-43)41-24-22-40(23-25-41)54-31-28-44(69-54)38-49-56(66)61(5)58(68)62(57(49)67)39-55(64)65/h14-31,36-38H,6-13,32-35,39H2,1-5H3,(H,64,65)/b49-38-. The van der Waals surface area contributed by atoms with Gasteiger partial charge in [-0.15, -0.1) is 11.3 Å². The summed E-state index contributed by atoms with van der Waals surface area (Å²) in [5.74, 6) is -3.03. The van der Waals surface area contributed by atoms with Crippen LogP contribution in [0.5, 0.6) is 0 Å². The number of unbranched alkanes of at least 4 members (excludes halogenated alkanes) is 4. The van der Waals surface area contributed by atoms with E-state index in [1.807, 2.05) is 12.1 Å². The average Bonchev–Trinajstić information content (AvgIpc) is 4.03. The Kier molecular flexibility index (Phi) is 13.6. The lowest BCUT2D eigenvalue weighted by Gasteiger charge is -2.35. The van der Waals surface area contributed by atoms with Gasteiger partial charge in [0.25, 0.3) is 11.8 Å². The number of barbiturate groups is 1. The number of imide groups is 2. The van der Waals surface area contributed by atoms with Gasteiger partial charge in [-0.25, -0.2) is 9.69 Å². The number of benzene rings is 5. The van der Waals surface area contributed by atoms with Crippen molar-refractivity contribution in [1.82, 2.24) is 9.80 Å². The summed E-state index contributed by atoms with van der Waals surface area (Å²) in [5.41, 5.74) is 15.0. The number of aliphatic carboxylic acids is 1. The molecule has 1 N–H and O–H groups in total. The van der Waals surface area contributed by atoms with Crippen LogP contribution in [0.25, 0.3) is 38.8 Å². The van der Waals surface area contributed by atoms with Gasteiger partial charge in [-0.3, -0.25) is 19.3 Å². The van der Waals surface area contributed by atoms with Crippen LogP contribution in [0.4, 0.5) is 21.9 Å². The van der Waals surface area contributed by atoms with Gasteiger partial charge in [0, 0.05) is 44.7 Å². The van der Waals surface area contributed by atoms with E-state index in [0.717, 1.165) is 109 Å². The molecule has 0 spiro atoms. The Morgan fingerprint density at radius 2 is 1.04 bits per heavy atom. The second kappa shape index (κ2) is 19.8. The molecule has 0 atom stereocenters. The highest BCUT2D eigenvalue weighted by atomic mass is 32.1. The number of hydrogen-bond donors (Lipinski definition) is 1. The lowest BCUT2D eigenvalue weighted by molar-refractivity contribution is -0.144. The first-order valence-electron chi connectivity index (χ1n) is 25.1. The highest BCUT2D eigenvalue weighted by Crippen LogP contribution is 2.58. The van der Waals surface area contributed by atoms with Crippen molar-refractivity contribution in [1.29, 1.82) is 0 Å². The quantitative estimate of drug-likeness (QED) is 0.0642. The van der Waals surface area contributed by atoms with Crippen LogP contribution in [-0.2, 0) is 25.2 Å². The molecule has 6 aromatic rings. The number of amides is 4. The molecular formula is C60H63N3O5S. The molecular weight excluding hydrogens is 875 g/mol. The van der Waals surface area contributed by atoms with Gasteiger partial charge in [0.1, 0.15) is 12.1 Å². The first-order valence-corrected chi connectivity index (χ1v) is 25.9. The van der Waals surface area contributed by atoms with E-state index < -0.39 is 30.4 Å². The highest BCUT2D eigenvalue weighted by Gasteiger charge is 2.45. The molecule has 1 saturated heterocycles. The van der Waals surface area contributed by atoms with Crippen LogP contribution in [0.15, 0.2) is 127 Å². The predicted molar refractivity (Wildman–Crippen MR) is 280 cm³/mol. The van der Waals surface area contributed by atoms with Crippen LogP contribution in [0.2, 0.25) is 0 Å². The SMILES string of the molecule is CCCCC1(CCCC)c2ccccc2-c2ccc(N(c3ccc(-c4ccc(/C=C5/C(=O)N(C)C(=O)N(CC(=O)O)C5=O)s4)cc3)c3ccc4c(c3)C(CCCC)(CCCC)c3ccccc3-4)cc21. The second-order valence-corrected chi connectivity index (χ2v) is 20.3. The first-order chi connectivity index (χ1) is 33.5. The van der Waals surface area contributed by atoms with Crippen molar-refractivity contribution in [2.75, 3.05) is 18.5 Å². The predicted octanol–water partition coefficient (Wildman–Crippen LogP) is 15.1. The van der Waals surface area contributed by atoms with Crippen molar-refractivity contribution in [3.05, 3.63) is 154 Å². The Morgan fingerprint density at radius 1 is 0.580 bits per heavy atom. The molecule has 0 unspecified atom stereocenters. The lowest BCUT2D eigenvalue weighted by atomic mass is 9.70. The van der Waals surface area contributed by atoms with E-state index in [2.05, 4.69) is 142 Å². The number of rotatable bonds is 19. The molecule has 9 rings (SSSR count). The molecule has 1 aromatic heterocycles. The third-order valence-corrected chi connectivity index (χ3v) is 16.1. The van der Waals surface area contributed by atoms with E-state index in [-0.39, 0.29) is 16.4 Å². The minimum Gasteiger partial charge on any atom is -0.480 e. The molecule has 2 aliphatic carbocycles. The van der Waals surface area contributed by atoms with Crippen molar-refractivity contribution in [3.8, 4) is 32.7 Å². The number of thiophene rings is 1. The minimum atomic E-state index is -1.35. The van der Waals surface area contributed by atoms with Gasteiger partial charge in [0.15, 0.2) is 0 Å². The monoisotopic (exact) mass is 937 g/mol. The topological polar surface area (TPSA) is 98.2 Å². The molecule has 354 valence electrons. The van der Waals surface area contributed by atoms with Crippen LogP contribution >= 0.6 is 11.3 Å². The van der Waals surface area contributed by atoms with Crippen molar-refractivity contribution in [2.24, 2.45) is 0 Å². The largest absolute Gasteiger partial charge is 0.480 e. The van der Waals surface area contributed by atoms with Crippen LogP contribution < -0.4 is 4.90 Å². The van der Waals surface area contributed by atoms with E-state index in [9.17, 15) is 24.3 Å². The molecule has 2 heterocycles. The molecule has 0 bridgehead atoms. The summed E-state index contributed by atoms with van der Waals surface area (Å²) in [6, 6.07) is 44.1. The Labute approximate surface area is 411 Å². The van der Waals surface area contributed by atoms with Gasteiger partial charge in [0.05, 0.1) is 0 Å². The van der Waals surface area contributed by atoms with Crippen molar-refractivity contribution in [2.45, 2.75) is 116 Å². The number of urea groups is 1. The molecule has 69 heavy (non-hydrogen) atoms. The number of nitrogens with zero attached hydrogens (tertiary/aromatic N) is 3. The van der Waals surface area contributed by atoms with E-state index in [1.54, 1.807) is 0 Å².